The van der Waals surface area contributed by atoms with Crippen LogP contribution in [0.2, 0.25) is 0 Å². The lowest BCUT2D eigenvalue weighted by molar-refractivity contribution is 0.0988. The second-order valence-electron chi connectivity index (χ2n) is 4.92. The van der Waals surface area contributed by atoms with E-state index in [0.29, 0.717) is 12.1 Å². The summed E-state index contributed by atoms with van der Waals surface area (Å²) in [6.45, 7) is 2.02. The summed E-state index contributed by atoms with van der Waals surface area (Å²) in [5.74, 6) is 0.0602. The average molecular weight is 261 g/mol. The van der Waals surface area contributed by atoms with Crippen molar-refractivity contribution in [2.24, 2.45) is 0 Å². The normalized spacial score (nSPS) is 10.7. The average Bonchev–Trinajstić information content (AvgIpc) is 2.49. The lowest BCUT2D eigenvalue weighted by atomic mass is 10.0. The van der Waals surface area contributed by atoms with Gasteiger partial charge in [-0.25, -0.2) is 4.98 Å². The van der Waals surface area contributed by atoms with Crippen LogP contribution in [0.5, 0.6) is 0 Å². The van der Waals surface area contributed by atoms with Gasteiger partial charge in [-0.1, -0.05) is 48.5 Å². The van der Waals surface area contributed by atoms with Crippen LogP contribution in [0.4, 0.5) is 0 Å². The Morgan fingerprint density at radius 1 is 0.950 bits per heavy atom. The van der Waals surface area contributed by atoms with Crippen molar-refractivity contribution < 1.29 is 4.79 Å². The number of hydrogen-bond acceptors (Lipinski definition) is 2. The van der Waals surface area contributed by atoms with Gasteiger partial charge in [0.1, 0.15) is 5.69 Å². The van der Waals surface area contributed by atoms with Crippen molar-refractivity contribution in [2.45, 2.75) is 13.3 Å². The Balaban J connectivity index is 1.91. The molecule has 2 heteroatoms. The molecular formula is C18H15NO. The van der Waals surface area contributed by atoms with E-state index in [9.17, 15) is 4.79 Å². The fourth-order valence-electron chi connectivity index (χ4n) is 2.29. The maximum Gasteiger partial charge on any atom is 0.185 e. The molecule has 98 valence electrons. The molecule has 0 amide bonds. The molecule has 0 aliphatic carbocycles. The van der Waals surface area contributed by atoms with Gasteiger partial charge in [0.05, 0.1) is 5.52 Å². The zero-order chi connectivity index (χ0) is 13.9. The summed E-state index contributed by atoms with van der Waals surface area (Å²) in [7, 11) is 0. The highest BCUT2D eigenvalue weighted by atomic mass is 16.1. The summed E-state index contributed by atoms with van der Waals surface area (Å²) in [4.78, 5) is 16.8. The van der Waals surface area contributed by atoms with Crippen LogP contribution in [0.25, 0.3) is 10.9 Å². The van der Waals surface area contributed by atoms with Crippen LogP contribution in [-0.2, 0) is 6.42 Å². The van der Waals surface area contributed by atoms with E-state index in [2.05, 4.69) is 4.98 Å². The third kappa shape index (κ3) is 2.45. The van der Waals surface area contributed by atoms with Crippen LogP contribution in [-0.4, -0.2) is 10.8 Å². The van der Waals surface area contributed by atoms with E-state index >= 15 is 0 Å². The number of para-hydroxylation sites is 1. The van der Waals surface area contributed by atoms with Crippen molar-refractivity contribution in [3.63, 3.8) is 0 Å². The number of carbonyl (C=O) groups excluding carboxylic acids is 1. The highest BCUT2D eigenvalue weighted by Gasteiger charge is 2.10. The molecule has 0 atom stereocenters. The first-order valence-corrected chi connectivity index (χ1v) is 6.67. The number of Topliss-reactive ketones (excluding diaryl/α,β-unsaturated/α-hetero) is 1. The Hall–Kier alpha value is -2.48. The van der Waals surface area contributed by atoms with Crippen molar-refractivity contribution in [3.8, 4) is 0 Å². The van der Waals surface area contributed by atoms with Crippen LogP contribution < -0.4 is 0 Å². The molecule has 1 aromatic heterocycles. The molecule has 1 heterocycles. The summed E-state index contributed by atoms with van der Waals surface area (Å²) in [5.41, 5.74) is 3.60. The van der Waals surface area contributed by atoms with Gasteiger partial charge in [0.2, 0.25) is 0 Å². The molecule has 0 fully saturated rings. The number of fused-ring (bicyclic) bond motifs is 1. The maximum absolute atomic E-state index is 12.3. The first-order chi connectivity index (χ1) is 9.74. The summed E-state index contributed by atoms with van der Waals surface area (Å²) in [6.07, 6.45) is 0.401. The predicted molar refractivity (Wildman–Crippen MR) is 81.0 cm³/mol. The molecule has 3 rings (SSSR count). The lowest BCUT2D eigenvalue weighted by Gasteiger charge is -2.05. The van der Waals surface area contributed by atoms with Crippen molar-refractivity contribution >= 4 is 16.7 Å². The second kappa shape index (κ2) is 5.25. The van der Waals surface area contributed by atoms with Crippen molar-refractivity contribution in [1.82, 2.24) is 4.98 Å². The number of aryl methyl sites for hydroxylation is 1. The van der Waals surface area contributed by atoms with Crippen molar-refractivity contribution in [1.29, 1.82) is 0 Å². The van der Waals surface area contributed by atoms with E-state index in [1.54, 1.807) is 0 Å². The van der Waals surface area contributed by atoms with Crippen LogP contribution >= 0.6 is 0 Å². The molecule has 3 aromatic rings. The minimum atomic E-state index is 0.0602. The molecule has 0 N–H and O–H groups in total. The van der Waals surface area contributed by atoms with Gasteiger partial charge in [0, 0.05) is 11.8 Å². The zero-order valence-electron chi connectivity index (χ0n) is 11.3. The molecule has 0 spiro atoms. The Labute approximate surface area is 118 Å². The molecule has 2 aromatic carbocycles. The molecule has 0 aliphatic heterocycles. The van der Waals surface area contributed by atoms with Crippen LogP contribution in [0.1, 0.15) is 21.6 Å². The molecule has 0 bridgehead atoms. The van der Waals surface area contributed by atoms with Gasteiger partial charge in [0.25, 0.3) is 0 Å². The molecule has 20 heavy (non-hydrogen) atoms. The molecule has 0 radical (unpaired) electrons. The number of hydrogen-bond donors (Lipinski definition) is 0. The Kier molecular flexibility index (Phi) is 3.30. The standard InChI is InChI=1S/C18H15NO/c1-13-6-2-3-8-15(13)12-18(20)17-11-10-14-7-4-5-9-16(14)19-17/h2-11H,12H2,1H3. The molecule has 0 unspecified atom stereocenters. The van der Waals surface area contributed by atoms with Gasteiger partial charge in [-0.15, -0.1) is 0 Å². The monoisotopic (exact) mass is 261 g/mol. The largest absolute Gasteiger partial charge is 0.292 e. The third-order valence-electron chi connectivity index (χ3n) is 3.50. The van der Waals surface area contributed by atoms with Gasteiger partial charge in [0.15, 0.2) is 5.78 Å². The smallest absolute Gasteiger partial charge is 0.185 e. The Bertz CT molecular complexity index is 777. The molecule has 2 nitrogen and oxygen atoms in total. The summed E-state index contributed by atoms with van der Waals surface area (Å²) < 4.78 is 0. The zero-order valence-corrected chi connectivity index (χ0v) is 11.3. The highest BCUT2D eigenvalue weighted by molar-refractivity contribution is 5.97. The van der Waals surface area contributed by atoms with Gasteiger partial charge < -0.3 is 0 Å². The quantitative estimate of drug-likeness (QED) is 0.668. The number of rotatable bonds is 3. The number of ketones is 1. The van der Waals surface area contributed by atoms with Crippen LogP contribution in [0, 0.1) is 6.92 Å². The van der Waals surface area contributed by atoms with Crippen molar-refractivity contribution in [3.05, 3.63) is 77.5 Å². The van der Waals surface area contributed by atoms with Crippen LogP contribution in [0.3, 0.4) is 0 Å². The third-order valence-corrected chi connectivity index (χ3v) is 3.50. The van der Waals surface area contributed by atoms with E-state index in [1.165, 1.54) is 0 Å². The maximum atomic E-state index is 12.3. The minimum Gasteiger partial charge on any atom is -0.292 e. The first kappa shape index (κ1) is 12.5. The van der Waals surface area contributed by atoms with E-state index in [4.69, 9.17) is 0 Å². The Morgan fingerprint density at radius 3 is 2.55 bits per heavy atom. The van der Waals surface area contributed by atoms with Gasteiger partial charge in [-0.3, -0.25) is 4.79 Å². The van der Waals surface area contributed by atoms with E-state index in [0.717, 1.165) is 22.0 Å². The molecule has 0 saturated carbocycles. The number of nitrogens with zero attached hydrogens (tertiary/aromatic N) is 1. The summed E-state index contributed by atoms with van der Waals surface area (Å²) in [5, 5.41) is 1.06. The van der Waals surface area contributed by atoms with Gasteiger partial charge in [-0.2, -0.15) is 0 Å². The predicted octanol–water partition coefficient (Wildman–Crippen LogP) is 3.97. The second-order valence-corrected chi connectivity index (χ2v) is 4.92. The highest BCUT2D eigenvalue weighted by Crippen LogP contribution is 2.15. The fraction of sp³-hybridized carbons (Fsp3) is 0.111. The number of benzene rings is 2. The first-order valence-electron chi connectivity index (χ1n) is 6.67. The van der Waals surface area contributed by atoms with Gasteiger partial charge in [-0.05, 0) is 30.2 Å². The van der Waals surface area contributed by atoms with Crippen molar-refractivity contribution in [2.75, 3.05) is 0 Å². The minimum absolute atomic E-state index is 0.0602. The fourth-order valence-corrected chi connectivity index (χ4v) is 2.29. The summed E-state index contributed by atoms with van der Waals surface area (Å²) >= 11 is 0. The topological polar surface area (TPSA) is 30.0 Å². The Morgan fingerprint density at radius 2 is 1.70 bits per heavy atom. The molecule has 0 aliphatic rings. The number of aromatic nitrogens is 1. The van der Waals surface area contributed by atoms with E-state index in [-0.39, 0.29) is 5.78 Å². The summed E-state index contributed by atoms with van der Waals surface area (Å²) in [6, 6.07) is 19.6. The molecule has 0 saturated heterocycles. The SMILES string of the molecule is Cc1ccccc1CC(=O)c1ccc2ccccc2n1. The number of carbonyl (C=O) groups is 1. The van der Waals surface area contributed by atoms with Crippen LogP contribution in [0.15, 0.2) is 60.7 Å². The molecular weight excluding hydrogens is 246 g/mol. The van der Waals surface area contributed by atoms with E-state index < -0.39 is 0 Å². The number of pyridine rings is 1. The van der Waals surface area contributed by atoms with Gasteiger partial charge >= 0.3 is 0 Å². The van der Waals surface area contributed by atoms with E-state index in [1.807, 2.05) is 67.6 Å². The lowest BCUT2D eigenvalue weighted by Crippen LogP contribution is -2.07.